The van der Waals surface area contributed by atoms with Crippen LogP contribution in [0.15, 0.2) is 34.2 Å². The molecule has 0 spiro atoms. The molecule has 8 heteroatoms. The number of halogens is 2. The summed E-state index contributed by atoms with van der Waals surface area (Å²) in [6.07, 6.45) is 0. The predicted octanol–water partition coefficient (Wildman–Crippen LogP) is 3.50. The molecule has 1 aromatic carbocycles. The van der Waals surface area contributed by atoms with Gasteiger partial charge in [0.2, 0.25) is 5.91 Å². The van der Waals surface area contributed by atoms with E-state index in [9.17, 15) is 9.59 Å². The average Bonchev–Trinajstić information content (AvgIpc) is 2.35. The molecule has 2 N–H and O–H groups in total. The minimum atomic E-state index is -0.456. The number of nitrogens with one attached hydrogen (secondary N) is 2. The average molecular weight is 358 g/mol. The molecule has 116 valence electrons. The van der Waals surface area contributed by atoms with Gasteiger partial charge in [-0.1, -0.05) is 35.0 Å². The van der Waals surface area contributed by atoms with Gasteiger partial charge in [0.05, 0.1) is 5.25 Å². The summed E-state index contributed by atoms with van der Waals surface area (Å²) >= 11 is 12.9. The smallest absolute Gasteiger partial charge is 0.251 e. The Morgan fingerprint density at radius 2 is 1.91 bits per heavy atom. The summed E-state index contributed by atoms with van der Waals surface area (Å²) in [5.74, 6) is -0.243. The van der Waals surface area contributed by atoms with Crippen LogP contribution in [0, 0.1) is 6.92 Å². The fourth-order valence-corrected chi connectivity index (χ4v) is 3.08. The first-order chi connectivity index (χ1) is 10.3. The third-order valence-corrected chi connectivity index (χ3v) is 4.06. The second kappa shape index (κ2) is 7.17. The highest BCUT2D eigenvalue weighted by Crippen LogP contribution is 2.24. The standard InChI is InChI=1S/C14H13Cl2N3O2S/c1-7-3-12(20)19-14(17-7)22-8(2)13(21)18-11-5-9(15)4-10(16)6-11/h3-6,8H,1-2H3,(H,18,21)(H,17,19,20)/t8-/m1/s1. The number of thioether (sulfide) groups is 1. The van der Waals surface area contributed by atoms with E-state index in [1.807, 2.05) is 0 Å². The molecule has 0 saturated heterocycles. The molecule has 2 rings (SSSR count). The van der Waals surface area contributed by atoms with Crippen molar-refractivity contribution >= 4 is 46.6 Å². The summed E-state index contributed by atoms with van der Waals surface area (Å²) in [4.78, 5) is 30.3. The molecule has 0 saturated carbocycles. The number of aromatic nitrogens is 2. The highest BCUT2D eigenvalue weighted by Gasteiger charge is 2.16. The van der Waals surface area contributed by atoms with Gasteiger partial charge in [0, 0.05) is 27.5 Å². The van der Waals surface area contributed by atoms with Crippen LogP contribution in [0.4, 0.5) is 5.69 Å². The van der Waals surface area contributed by atoms with Crippen LogP contribution < -0.4 is 10.9 Å². The molecule has 22 heavy (non-hydrogen) atoms. The highest BCUT2D eigenvalue weighted by atomic mass is 35.5. The molecular weight excluding hydrogens is 345 g/mol. The first kappa shape index (κ1) is 16.9. The van der Waals surface area contributed by atoms with Gasteiger partial charge in [-0.2, -0.15) is 0 Å². The number of rotatable bonds is 4. The Bertz CT molecular complexity index is 744. The third-order valence-electron chi connectivity index (χ3n) is 2.64. The van der Waals surface area contributed by atoms with Crippen molar-refractivity contribution in [2.24, 2.45) is 0 Å². The van der Waals surface area contributed by atoms with Gasteiger partial charge in [0.15, 0.2) is 5.16 Å². The number of hydrogen-bond acceptors (Lipinski definition) is 4. The molecular formula is C14H13Cl2N3O2S. The van der Waals surface area contributed by atoms with Crippen LogP contribution >= 0.6 is 35.0 Å². The maximum atomic E-state index is 12.2. The molecule has 0 fully saturated rings. The van der Waals surface area contributed by atoms with Crippen LogP contribution in [-0.4, -0.2) is 21.1 Å². The van der Waals surface area contributed by atoms with Crippen molar-refractivity contribution < 1.29 is 4.79 Å². The van der Waals surface area contributed by atoms with Gasteiger partial charge in [-0.25, -0.2) is 4.98 Å². The monoisotopic (exact) mass is 357 g/mol. The number of aromatic amines is 1. The second-order valence-electron chi connectivity index (χ2n) is 4.60. The van der Waals surface area contributed by atoms with Crippen molar-refractivity contribution in [3.8, 4) is 0 Å². The maximum absolute atomic E-state index is 12.2. The minimum absolute atomic E-state index is 0.243. The topological polar surface area (TPSA) is 74.8 Å². The van der Waals surface area contributed by atoms with Crippen molar-refractivity contribution in [3.63, 3.8) is 0 Å². The van der Waals surface area contributed by atoms with E-state index < -0.39 is 5.25 Å². The summed E-state index contributed by atoms with van der Waals surface area (Å²) < 4.78 is 0. The minimum Gasteiger partial charge on any atom is -0.325 e. The van der Waals surface area contributed by atoms with E-state index in [0.717, 1.165) is 11.8 Å². The van der Waals surface area contributed by atoms with E-state index in [1.54, 1.807) is 32.0 Å². The summed E-state index contributed by atoms with van der Waals surface area (Å²) in [5, 5.41) is 3.54. The number of anilines is 1. The Morgan fingerprint density at radius 1 is 1.27 bits per heavy atom. The number of carbonyl (C=O) groups excluding carboxylic acids is 1. The van der Waals surface area contributed by atoms with Gasteiger partial charge in [0.25, 0.3) is 5.56 Å². The van der Waals surface area contributed by atoms with E-state index in [0.29, 0.717) is 26.6 Å². The Morgan fingerprint density at radius 3 is 2.50 bits per heavy atom. The van der Waals surface area contributed by atoms with Crippen LogP contribution in [0.25, 0.3) is 0 Å². The first-order valence-corrected chi connectivity index (χ1v) is 7.98. The van der Waals surface area contributed by atoms with Crippen LogP contribution in [0.2, 0.25) is 10.0 Å². The van der Waals surface area contributed by atoms with Crippen LogP contribution in [0.1, 0.15) is 12.6 Å². The van der Waals surface area contributed by atoms with Crippen LogP contribution in [0.3, 0.4) is 0 Å². The molecule has 0 unspecified atom stereocenters. The first-order valence-electron chi connectivity index (χ1n) is 6.35. The number of aryl methyl sites for hydroxylation is 1. The van der Waals surface area contributed by atoms with E-state index in [1.165, 1.54) is 6.07 Å². The molecule has 0 aliphatic carbocycles. The van der Waals surface area contributed by atoms with E-state index >= 15 is 0 Å². The number of H-pyrrole nitrogens is 1. The van der Waals surface area contributed by atoms with Crippen LogP contribution in [-0.2, 0) is 4.79 Å². The van der Waals surface area contributed by atoms with Gasteiger partial charge in [-0.3, -0.25) is 9.59 Å². The van der Waals surface area contributed by atoms with E-state index in [2.05, 4.69) is 15.3 Å². The number of amides is 1. The fraction of sp³-hybridized carbons (Fsp3) is 0.214. The molecule has 1 aromatic heterocycles. The molecule has 1 atom stereocenters. The van der Waals surface area contributed by atoms with Gasteiger partial charge in [-0.15, -0.1) is 0 Å². The summed E-state index contributed by atoms with van der Waals surface area (Å²) in [7, 11) is 0. The highest BCUT2D eigenvalue weighted by molar-refractivity contribution is 8.00. The summed E-state index contributed by atoms with van der Waals surface area (Å²) in [6.45, 7) is 3.44. The molecule has 0 aliphatic rings. The lowest BCUT2D eigenvalue weighted by molar-refractivity contribution is -0.115. The van der Waals surface area contributed by atoms with E-state index in [-0.39, 0.29) is 11.5 Å². The lowest BCUT2D eigenvalue weighted by Crippen LogP contribution is -2.23. The van der Waals surface area contributed by atoms with Crippen molar-refractivity contribution in [1.29, 1.82) is 0 Å². The maximum Gasteiger partial charge on any atom is 0.251 e. The quantitative estimate of drug-likeness (QED) is 0.648. The number of nitrogens with zero attached hydrogens (tertiary/aromatic N) is 1. The van der Waals surface area contributed by atoms with Crippen LogP contribution in [0.5, 0.6) is 0 Å². The second-order valence-corrected chi connectivity index (χ2v) is 6.80. The molecule has 1 amide bonds. The lowest BCUT2D eigenvalue weighted by Gasteiger charge is -2.12. The zero-order valence-corrected chi connectivity index (χ0v) is 14.1. The van der Waals surface area contributed by atoms with E-state index in [4.69, 9.17) is 23.2 Å². The molecule has 1 heterocycles. The van der Waals surface area contributed by atoms with Gasteiger partial charge in [-0.05, 0) is 32.0 Å². The van der Waals surface area contributed by atoms with Gasteiger partial charge >= 0.3 is 0 Å². The predicted molar refractivity (Wildman–Crippen MR) is 90.0 cm³/mol. The van der Waals surface area contributed by atoms with Gasteiger partial charge < -0.3 is 10.3 Å². The zero-order chi connectivity index (χ0) is 16.3. The number of benzene rings is 1. The fourth-order valence-electron chi connectivity index (χ4n) is 1.70. The largest absolute Gasteiger partial charge is 0.325 e. The van der Waals surface area contributed by atoms with Crippen molar-refractivity contribution in [2.75, 3.05) is 5.32 Å². The Hall–Kier alpha value is -1.50. The zero-order valence-electron chi connectivity index (χ0n) is 11.8. The summed E-state index contributed by atoms with van der Waals surface area (Å²) in [6, 6.07) is 6.19. The van der Waals surface area contributed by atoms with Gasteiger partial charge in [0.1, 0.15) is 0 Å². The molecule has 0 radical (unpaired) electrons. The third kappa shape index (κ3) is 4.76. The SMILES string of the molecule is Cc1cc(=O)[nH]c(S[C@H](C)C(=O)Nc2cc(Cl)cc(Cl)c2)n1. The van der Waals surface area contributed by atoms with Crippen molar-refractivity contribution in [3.05, 3.63) is 50.4 Å². The number of carbonyl (C=O) groups is 1. The van der Waals surface area contributed by atoms with Crippen molar-refractivity contribution in [1.82, 2.24) is 9.97 Å². The van der Waals surface area contributed by atoms with Crippen molar-refractivity contribution in [2.45, 2.75) is 24.3 Å². The molecule has 0 bridgehead atoms. The number of hydrogen-bond donors (Lipinski definition) is 2. The molecule has 2 aromatic rings. The Kier molecular flexibility index (Phi) is 5.50. The normalized spacial score (nSPS) is 12.0. The Balaban J connectivity index is 2.07. The summed E-state index contributed by atoms with van der Waals surface area (Å²) in [5.41, 5.74) is 0.866. The molecule has 5 nitrogen and oxygen atoms in total. The lowest BCUT2D eigenvalue weighted by atomic mass is 10.3. The molecule has 0 aliphatic heterocycles. The Labute approximate surface area is 141 Å².